The van der Waals surface area contributed by atoms with Crippen LogP contribution in [0.4, 0.5) is 0 Å². The standard InChI is InChI=1S/C6H15N5/c1-9-6(10(2)3)11(4)5(7)8/h1-4H3,(H3,7,8). The van der Waals surface area contributed by atoms with Gasteiger partial charge in [0.25, 0.3) is 0 Å². The molecule has 0 aromatic rings. The van der Waals surface area contributed by atoms with E-state index in [2.05, 4.69) is 4.99 Å². The Morgan fingerprint density at radius 1 is 1.36 bits per heavy atom. The van der Waals surface area contributed by atoms with Crippen LogP contribution in [-0.4, -0.2) is 49.9 Å². The van der Waals surface area contributed by atoms with Crippen LogP contribution < -0.4 is 5.73 Å². The third kappa shape index (κ3) is 2.45. The van der Waals surface area contributed by atoms with Crippen molar-refractivity contribution in [2.24, 2.45) is 10.7 Å². The zero-order chi connectivity index (χ0) is 9.02. The van der Waals surface area contributed by atoms with Crippen LogP contribution in [0, 0.1) is 5.41 Å². The average Bonchev–Trinajstić information content (AvgIpc) is 1.88. The third-order valence-electron chi connectivity index (χ3n) is 1.26. The summed E-state index contributed by atoms with van der Waals surface area (Å²) in [7, 11) is 7.06. The maximum Gasteiger partial charge on any atom is 0.202 e. The first-order valence-corrected chi connectivity index (χ1v) is 3.22. The minimum absolute atomic E-state index is 0.0145. The predicted octanol–water partition coefficient (Wildman–Crippen LogP) is -0.641. The number of aliphatic imine (C=N–C) groups is 1. The Kier molecular flexibility index (Phi) is 3.36. The van der Waals surface area contributed by atoms with E-state index >= 15 is 0 Å². The summed E-state index contributed by atoms with van der Waals surface area (Å²) in [5, 5.41) is 7.12. The number of guanidine groups is 2. The lowest BCUT2D eigenvalue weighted by Crippen LogP contribution is -2.44. The monoisotopic (exact) mass is 157 g/mol. The Morgan fingerprint density at radius 3 is 1.91 bits per heavy atom. The highest BCUT2D eigenvalue weighted by Gasteiger charge is 2.08. The summed E-state index contributed by atoms with van der Waals surface area (Å²) in [4.78, 5) is 7.25. The van der Waals surface area contributed by atoms with Crippen LogP contribution in [0.1, 0.15) is 0 Å². The van der Waals surface area contributed by atoms with Crippen molar-refractivity contribution in [3.05, 3.63) is 0 Å². The lowest BCUT2D eigenvalue weighted by Gasteiger charge is -2.24. The molecule has 0 saturated heterocycles. The Balaban J connectivity index is 4.41. The molecule has 0 unspecified atom stereocenters. The molecule has 0 fully saturated rings. The Bertz CT molecular complexity index is 172. The summed E-state index contributed by atoms with van der Waals surface area (Å²) in [5.41, 5.74) is 5.25. The largest absolute Gasteiger partial charge is 0.370 e. The molecule has 0 aliphatic rings. The fourth-order valence-electron chi connectivity index (χ4n) is 0.758. The summed E-state index contributed by atoms with van der Waals surface area (Å²) in [6.45, 7) is 0. The summed E-state index contributed by atoms with van der Waals surface area (Å²) in [5.74, 6) is 0.650. The van der Waals surface area contributed by atoms with Crippen LogP contribution in [0.3, 0.4) is 0 Å². The van der Waals surface area contributed by atoms with Gasteiger partial charge in [-0.25, -0.2) is 0 Å². The maximum atomic E-state index is 7.12. The molecule has 0 saturated carbocycles. The van der Waals surface area contributed by atoms with Crippen molar-refractivity contribution < 1.29 is 0 Å². The van der Waals surface area contributed by atoms with Crippen LogP contribution in [0.15, 0.2) is 4.99 Å². The second kappa shape index (κ2) is 3.80. The smallest absolute Gasteiger partial charge is 0.202 e. The average molecular weight is 157 g/mol. The first-order chi connectivity index (χ1) is 5.00. The van der Waals surface area contributed by atoms with E-state index in [9.17, 15) is 0 Å². The fourth-order valence-corrected chi connectivity index (χ4v) is 0.758. The highest BCUT2D eigenvalue weighted by Crippen LogP contribution is 1.88. The molecule has 0 rings (SSSR count). The number of nitrogens with one attached hydrogen (secondary N) is 1. The van der Waals surface area contributed by atoms with Crippen molar-refractivity contribution in [3.8, 4) is 0 Å². The van der Waals surface area contributed by atoms with Gasteiger partial charge in [-0.15, -0.1) is 0 Å². The number of hydrogen-bond acceptors (Lipinski definition) is 2. The van der Waals surface area contributed by atoms with Gasteiger partial charge < -0.3 is 10.6 Å². The van der Waals surface area contributed by atoms with E-state index in [0.717, 1.165) is 0 Å². The molecular formula is C6H15N5. The number of rotatable bonds is 0. The molecule has 64 valence electrons. The van der Waals surface area contributed by atoms with E-state index in [0.29, 0.717) is 5.96 Å². The van der Waals surface area contributed by atoms with Crippen molar-refractivity contribution >= 4 is 11.9 Å². The van der Waals surface area contributed by atoms with Gasteiger partial charge in [-0.1, -0.05) is 0 Å². The van der Waals surface area contributed by atoms with Gasteiger partial charge in [0.05, 0.1) is 0 Å². The fraction of sp³-hybridized carbons (Fsp3) is 0.667. The van der Waals surface area contributed by atoms with Gasteiger partial charge in [-0.3, -0.25) is 15.3 Å². The first kappa shape index (κ1) is 9.74. The van der Waals surface area contributed by atoms with E-state index in [1.54, 1.807) is 19.0 Å². The maximum absolute atomic E-state index is 7.12. The molecule has 0 radical (unpaired) electrons. The van der Waals surface area contributed by atoms with E-state index in [1.165, 1.54) is 4.90 Å². The molecule has 0 aromatic carbocycles. The third-order valence-corrected chi connectivity index (χ3v) is 1.26. The van der Waals surface area contributed by atoms with Gasteiger partial charge in [-0.2, -0.15) is 0 Å². The molecule has 11 heavy (non-hydrogen) atoms. The minimum atomic E-state index is -0.0145. The summed E-state index contributed by atoms with van der Waals surface area (Å²) in [6, 6.07) is 0. The van der Waals surface area contributed by atoms with E-state index < -0.39 is 0 Å². The lowest BCUT2D eigenvalue weighted by molar-refractivity contribution is 0.527. The summed E-state index contributed by atoms with van der Waals surface area (Å²) in [6.07, 6.45) is 0. The number of hydrogen-bond donors (Lipinski definition) is 2. The molecule has 0 spiro atoms. The van der Waals surface area contributed by atoms with Crippen molar-refractivity contribution in [1.82, 2.24) is 9.80 Å². The van der Waals surface area contributed by atoms with Gasteiger partial charge in [0.2, 0.25) is 5.96 Å². The van der Waals surface area contributed by atoms with Gasteiger partial charge in [0.15, 0.2) is 5.96 Å². The molecule has 0 amide bonds. The second-order valence-electron chi connectivity index (χ2n) is 2.36. The molecular weight excluding hydrogens is 142 g/mol. The normalized spacial score (nSPS) is 11.1. The Hall–Kier alpha value is -1.26. The van der Waals surface area contributed by atoms with Crippen molar-refractivity contribution in [3.63, 3.8) is 0 Å². The summed E-state index contributed by atoms with van der Waals surface area (Å²) < 4.78 is 0. The zero-order valence-corrected chi connectivity index (χ0v) is 7.42. The van der Waals surface area contributed by atoms with Gasteiger partial charge in [0, 0.05) is 28.2 Å². The quantitative estimate of drug-likeness (QED) is 0.363. The van der Waals surface area contributed by atoms with E-state index in [4.69, 9.17) is 11.1 Å². The van der Waals surface area contributed by atoms with Crippen LogP contribution >= 0.6 is 0 Å². The molecule has 0 heterocycles. The molecule has 5 heteroatoms. The highest BCUT2D eigenvalue weighted by atomic mass is 15.4. The minimum Gasteiger partial charge on any atom is -0.370 e. The molecule has 3 N–H and O–H groups in total. The number of nitrogens with zero attached hydrogens (tertiary/aromatic N) is 3. The van der Waals surface area contributed by atoms with E-state index in [1.807, 2.05) is 14.1 Å². The predicted molar refractivity (Wildman–Crippen MR) is 46.7 cm³/mol. The first-order valence-electron chi connectivity index (χ1n) is 3.22. The van der Waals surface area contributed by atoms with Crippen molar-refractivity contribution in [2.45, 2.75) is 0 Å². The van der Waals surface area contributed by atoms with Gasteiger partial charge in [-0.05, 0) is 0 Å². The molecule has 0 aromatic heterocycles. The summed E-state index contributed by atoms with van der Waals surface area (Å²) >= 11 is 0. The van der Waals surface area contributed by atoms with Crippen LogP contribution in [0.5, 0.6) is 0 Å². The Labute approximate surface area is 67.0 Å². The second-order valence-corrected chi connectivity index (χ2v) is 2.36. The van der Waals surface area contributed by atoms with Crippen LogP contribution in [0.2, 0.25) is 0 Å². The SMILES string of the molecule is CN=C(N(C)C)N(C)C(=N)N. The number of nitrogens with two attached hydrogens (primary N) is 1. The van der Waals surface area contributed by atoms with E-state index in [-0.39, 0.29) is 5.96 Å². The topological polar surface area (TPSA) is 68.7 Å². The molecule has 0 aliphatic carbocycles. The lowest BCUT2D eigenvalue weighted by atomic mass is 10.6. The Morgan fingerprint density at radius 2 is 1.82 bits per heavy atom. The highest BCUT2D eigenvalue weighted by molar-refractivity contribution is 5.95. The van der Waals surface area contributed by atoms with Crippen molar-refractivity contribution in [1.29, 1.82) is 5.41 Å². The molecule has 5 nitrogen and oxygen atoms in total. The van der Waals surface area contributed by atoms with Gasteiger partial charge in [0.1, 0.15) is 0 Å². The molecule has 0 aliphatic heterocycles. The zero-order valence-electron chi connectivity index (χ0n) is 7.42. The van der Waals surface area contributed by atoms with Crippen molar-refractivity contribution in [2.75, 3.05) is 28.2 Å². The molecule has 0 bridgehead atoms. The molecule has 0 atom stereocenters. The van der Waals surface area contributed by atoms with Crippen LogP contribution in [0.25, 0.3) is 0 Å². The van der Waals surface area contributed by atoms with Gasteiger partial charge >= 0.3 is 0 Å². The van der Waals surface area contributed by atoms with Crippen LogP contribution in [-0.2, 0) is 0 Å².